The fraction of sp³-hybridized carbons (Fsp3) is 0. The van der Waals surface area contributed by atoms with Gasteiger partial charge in [0.05, 0.1) is 0 Å². The van der Waals surface area contributed by atoms with Crippen molar-refractivity contribution >= 4 is 53.7 Å². The first-order valence-corrected chi connectivity index (χ1v) is 10.9. The van der Waals surface area contributed by atoms with E-state index in [1.807, 2.05) is 11.3 Å². The van der Waals surface area contributed by atoms with Crippen LogP contribution in [0.3, 0.4) is 0 Å². The standard InChI is InChI=1S/C28H19NS/c1-2-6-21-17-24(15-11-19(21)5-1)29-23-13-9-20(10-14-23)22-12-16-28-26(18-22)25-7-3-4-8-27(25)30-28/h1-18,29H. The lowest BCUT2D eigenvalue weighted by molar-refractivity contribution is 1.56. The Morgan fingerprint density at radius 3 is 2.07 bits per heavy atom. The van der Waals surface area contributed by atoms with E-state index in [0.29, 0.717) is 0 Å². The molecule has 0 aliphatic heterocycles. The molecule has 1 N–H and O–H groups in total. The van der Waals surface area contributed by atoms with Gasteiger partial charge >= 0.3 is 0 Å². The lowest BCUT2D eigenvalue weighted by Gasteiger charge is -2.09. The zero-order valence-electron chi connectivity index (χ0n) is 16.3. The summed E-state index contributed by atoms with van der Waals surface area (Å²) in [6.07, 6.45) is 0. The molecule has 6 aromatic rings. The van der Waals surface area contributed by atoms with E-state index in [-0.39, 0.29) is 0 Å². The van der Waals surface area contributed by atoms with Crippen LogP contribution in [-0.2, 0) is 0 Å². The first-order chi connectivity index (χ1) is 14.8. The van der Waals surface area contributed by atoms with Crippen molar-refractivity contribution in [2.45, 2.75) is 0 Å². The van der Waals surface area contributed by atoms with Crippen LogP contribution in [0, 0.1) is 0 Å². The van der Waals surface area contributed by atoms with Gasteiger partial charge in [0.1, 0.15) is 0 Å². The number of rotatable bonds is 3. The molecule has 0 spiro atoms. The fourth-order valence-electron chi connectivity index (χ4n) is 4.09. The molecule has 0 aliphatic rings. The molecule has 5 aromatic carbocycles. The summed E-state index contributed by atoms with van der Waals surface area (Å²) in [5.74, 6) is 0. The third kappa shape index (κ3) is 3.02. The summed E-state index contributed by atoms with van der Waals surface area (Å²) in [6, 6.07) is 39.1. The Kier molecular flexibility index (Phi) is 4.03. The van der Waals surface area contributed by atoms with Crippen molar-refractivity contribution in [3.05, 3.63) is 109 Å². The average Bonchev–Trinajstić information content (AvgIpc) is 3.17. The van der Waals surface area contributed by atoms with Gasteiger partial charge in [0, 0.05) is 31.5 Å². The van der Waals surface area contributed by atoms with E-state index in [0.717, 1.165) is 11.4 Å². The molecular formula is C28H19NS. The molecule has 0 atom stereocenters. The van der Waals surface area contributed by atoms with E-state index in [1.54, 1.807) is 0 Å². The van der Waals surface area contributed by atoms with E-state index in [4.69, 9.17) is 0 Å². The van der Waals surface area contributed by atoms with E-state index in [2.05, 4.69) is 115 Å². The smallest absolute Gasteiger partial charge is 0.0390 e. The Labute approximate surface area is 179 Å². The summed E-state index contributed by atoms with van der Waals surface area (Å²) in [5.41, 5.74) is 4.68. The van der Waals surface area contributed by atoms with Gasteiger partial charge in [-0.05, 0) is 64.4 Å². The second-order valence-corrected chi connectivity index (χ2v) is 8.66. The maximum absolute atomic E-state index is 3.53. The van der Waals surface area contributed by atoms with Gasteiger partial charge in [0.25, 0.3) is 0 Å². The van der Waals surface area contributed by atoms with Crippen LogP contribution in [0.15, 0.2) is 109 Å². The van der Waals surface area contributed by atoms with Gasteiger partial charge < -0.3 is 5.32 Å². The normalized spacial score (nSPS) is 11.3. The first-order valence-electron chi connectivity index (χ1n) is 10.1. The van der Waals surface area contributed by atoms with Crippen LogP contribution in [-0.4, -0.2) is 0 Å². The van der Waals surface area contributed by atoms with Crippen molar-refractivity contribution in [2.24, 2.45) is 0 Å². The van der Waals surface area contributed by atoms with Crippen molar-refractivity contribution in [2.75, 3.05) is 5.32 Å². The third-order valence-corrected chi connectivity index (χ3v) is 6.78. The summed E-state index contributed by atoms with van der Waals surface area (Å²) in [4.78, 5) is 0. The maximum atomic E-state index is 3.53. The zero-order valence-corrected chi connectivity index (χ0v) is 17.1. The predicted molar refractivity (Wildman–Crippen MR) is 132 cm³/mol. The van der Waals surface area contributed by atoms with Crippen LogP contribution in [0.1, 0.15) is 0 Å². The van der Waals surface area contributed by atoms with Crippen LogP contribution in [0.2, 0.25) is 0 Å². The highest BCUT2D eigenvalue weighted by atomic mass is 32.1. The molecule has 6 rings (SSSR count). The van der Waals surface area contributed by atoms with Crippen molar-refractivity contribution < 1.29 is 0 Å². The Bertz CT molecular complexity index is 1510. The number of hydrogen-bond donors (Lipinski definition) is 1. The summed E-state index contributed by atoms with van der Waals surface area (Å²) in [6.45, 7) is 0. The highest BCUT2D eigenvalue weighted by Gasteiger charge is 2.07. The number of hydrogen-bond acceptors (Lipinski definition) is 2. The largest absolute Gasteiger partial charge is 0.356 e. The van der Waals surface area contributed by atoms with Crippen molar-refractivity contribution in [3.8, 4) is 11.1 Å². The van der Waals surface area contributed by atoms with Gasteiger partial charge in [0.15, 0.2) is 0 Å². The van der Waals surface area contributed by atoms with Crippen molar-refractivity contribution in [3.63, 3.8) is 0 Å². The Balaban J connectivity index is 1.31. The Morgan fingerprint density at radius 2 is 1.17 bits per heavy atom. The van der Waals surface area contributed by atoms with E-state index in [1.165, 1.54) is 42.1 Å². The van der Waals surface area contributed by atoms with Gasteiger partial charge in [-0.2, -0.15) is 0 Å². The molecule has 0 saturated carbocycles. The van der Waals surface area contributed by atoms with E-state index in [9.17, 15) is 0 Å². The molecule has 0 bridgehead atoms. The van der Waals surface area contributed by atoms with Crippen molar-refractivity contribution in [1.29, 1.82) is 0 Å². The van der Waals surface area contributed by atoms with E-state index >= 15 is 0 Å². The highest BCUT2D eigenvalue weighted by Crippen LogP contribution is 2.36. The fourth-order valence-corrected chi connectivity index (χ4v) is 5.17. The van der Waals surface area contributed by atoms with Crippen LogP contribution in [0.25, 0.3) is 42.1 Å². The summed E-state index contributed by atoms with van der Waals surface area (Å²) in [7, 11) is 0. The minimum Gasteiger partial charge on any atom is -0.356 e. The molecule has 0 radical (unpaired) electrons. The van der Waals surface area contributed by atoms with Crippen LogP contribution < -0.4 is 5.32 Å². The maximum Gasteiger partial charge on any atom is 0.0390 e. The quantitative estimate of drug-likeness (QED) is 0.313. The van der Waals surface area contributed by atoms with Crippen molar-refractivity contribution in [1.82, 2.24) is 0 Å². The topological polar surface area (TPSA) is 12.0 Å². The molecule has 1 heterocycles. The van der Waals surface area contributed by atoms with Crippen LogP contribution in [0.5, 0.6) is 0 Å². The number of thiophene rings is 1. The van der Waals surface area contributed by atoms with Gasteiger partial charge in [-0.25, -0.2) is 0 Å². The van der Waals surface area contributed by atoms with Crippen LogP contribution in [0.4, 0.5) is 11.4 Å². The molecule has 1 nitrogen and oxygen atoms in total. The van der Waals surface area contributed by atoms with E-state index < -0.39 is 0 Å². The number of fused-ring (bicyclic) bond motifs is 4. The SMILES string of the molecule is c1ccc2cc(Nc3ccc(-c4ccc5sc6ccccc6c5c4)cc3)ccc2c1. The average molecular weight is 402 g/mol. The zero-order chi connectivity index (χ0) is 19.9. The Morgan fingerprint density at radius 1 is 0.467 bits per heavy atom. The molecule has 142 valence electrons. The molecule has 0 amide bonds. The first kappa shape index (κ1) is 17.3. The summed E-state index contributed by atoms with van der Waals surface area (Å²) < 4.78 is 2.69. The minimum absolute atomic E-state index is 1.09. The lowest BCUT2D eigenvalue weighted by Crippen LogP contribution is -1.90. The molecule has 1 aromatic heterocycles. The summed E-state index contributed by atoms with van der Waals surface area (Å²) >= 11 is 1.86. The Hall–Kier alpha value is -3.62. The van der Waals surface area contributed by atoms with Gasteiger partial charge in [-0.15, -0.1) is 11.3 Å². The third-order valence-electron chi connectivity index (χ3n) is 5.63. The number of nitrogens with one attached hydrogen (secondary N) is 1. The van der Waals surface area contributed by atoms with Gasteiger partial charge in [-0.1, -0.05) is 66.7 Å². The molecule has 2 heteroatoms. The predicted octanol–water partition coefficient (Wildman–Crippen LogP) is 8.62. The monoisotopic (exact) mass is 401 g/mol. The molecule has 30 heavy (non-hydrogen) atoms. The molecule has 0 unspecified atom stereocenters. The van der Waals surface area contributed by atoms with Gasteiger partial charge in [0.2, 0.25) is 0 Å². The minimum atomic E-state index is 1.09. The molecule has 0 aliphatic carbocycles. The number of benzene rings is 5. The number of anilines is 2. The lowest BCUT2D eigenvalue weighted by atomic mass is 10.0. The van der Waals surface area contributed by atoms with Crippen LogP contribution >= 0.6 is 11.3 Å². The second-order valence-electron chi connectivity index (χ2n) is 7.57. The summed E-state index contributed by atoms with van der Waals surface area (Å²) in [5, 5.41) is 8.71. The second kappa shape index (κ2) is 7.01. The van der Waals surface area contributed by atoms with Gasteiger partial charge in [-0.3, -0.25) is 0 Å². The molecular weight excluding hydrogens is 382 g/mol. The molecule has 0 fully saturated rings. The molecule has 0 saturated heterocycles. The highest BCUT2D eigenvalue weighted by molar-refractivity contribution is 7.25.